The molecule has 0 saturated carbocycles. The summed E-state index contributed by atoms with van der Waals surface area (Å²) in [4.78, 5) is 8.19. The van der Waals surface area contributed by atoms with E-state index in [0.717, 1.165) is 25.3 Å². The second-order valence-corrected chi connectivity index (χ2v) is 6.22. The average molecular weight is 274 g/mol. The Hall–Kier alpha value is -1.33. The Balaban J connectivity index is 1.58. The molecule has 0 amide bonds. The highest BCUT2D eigenvalue weighted by molar-refractivity contribution is 7.05. The summed E-state index contributed by atoms with van der Waals surface area (Å²) in [5.74, 6) is 1.05. The molecular weight excluding hydrogens is 256 g/mol. The summed E-state index contributed by atoms with van der Waals surface area (Å²) >= 11 is 1.53. The molecular formula is C14H18N4S. The topological polar surface area (TPSA) is 41.9 Å². The Kier molecular flexibility index (Phi) is 3.57. The second kappa shape index (κ2) is 5.35. The van der Waals surface area contributed by atoms with Crippen molar-refractivity contribution in [2.45, 2.75) is 32.2 Å². The first-order valence-electron chi connectivity index (χ1n) is 6.68. The van der Waals surface area contributed by atoms with Gasteiger partial charge in [-0.15, -0.1) is 5.10 Å². The van der Waals surface area contributed by atoms with Crippen LogP contribution in [0.5, 0.6) is 0 Å². The summed E-state index contributed by atoms with van der Waals surface area (Å²) < 4.78 is 4.08. The molecule has 0 aromatic carbocycles. The van der Waals surface area contributed by atoms with Gasteiger partial charge >= 0.3 is 0 Å². The number of aromatic nitrogens is 3. The van der Waals surface area contributed by atoms with E-state index in [2.05, 4.69) is 45.5 Å². The molecule has 2 aromatic heterocycles. The van der Waals surface area contributed by atoms with Crippen LogP contribution in [0.25, 0.3) is 0 Å². The van der Waals surface area contributed by atoms with E-state index in [-0.39, 0.29) is 0 Å². The zero-order chi connectivity index (χ0) is 13.2. The van der Waals surface area contributed by atoms with Crippen molar-refractivity contribution >= 4 is 11.5 Å². The molecule has 2 aromatic rings. The zero-order valence-electron chi connectivity index (χ0n) is 11.3. The number of hydrogen-bond acceptors (Lipinski definition) is 5. The fraction of sp³-hybridized carbons (Fsp3) is 0.500. The minimum atomic E-state index is 0.460. The molecule has 0 radical (unpaired) electrons. The van der Waals surface area contributed by atoms with Gasteiger partial charge in [-0.3, -0.25) is 9.88 Å². The fourth-order valence-electron chi connectivity index (χ4n) is 2.47. The summed E-state index contributed by atoms with van der Waals surface area (Å²) in [5, 5.41) is 4.23. The molecule has 5 heteroatoms. The minimum absolute atomic E-state index is 0.460. The summed E-state index contributed by atoms with van der Waals surface area (Å²) in [5.41, 5.74) is 2.37. The SMILES string of the molecule is CC(C)c1nnsc1CN1CC(c2ccccn2)C1. The van der Waals surface area contributed by atoms with Crippen LogP contribution in [0.15, 0.2) is 24.4 Å². The molecule has 0 aliphatic carbocycles. The molecule has 3 heterocycles. The molecule has 1 aliphatic rings. The van der Waals surface area contributed by atoms with Crippen LogP contribution in [0.2, 0.25) is 0 Å². The van der Waals surface area contributed by atoms with Crippen molar-refractivity contribution in [2.75, 3.05) is 13.1 Å². The first-order valence-corrected chi connectivity index (χ1v) is 7.45. The van der Waals surface area contributed by atoms with E-state index in [9.17, 15) is 0 Å². The molecule has 0 unspecified atom stereocenters. The predicted molar refractivity (Wildman–Crippen MR) is 76.3 cm³/mol. The number of pyridine rings is 1. The summed E-state index contributed by atoms with van der Waals surface area (Å²) in [6, 6.07) is 6.16. The van der Waals surface area contributed by atoms with Crippen molar-refractivity contribution in [3.8, 4) is 0 Å². The van der Waals surface area contributed by atoms with Gasteiger partial charge in [0, 0.05) is 37.4 Å². The Bertz CT molecular complexity index is 531. The maximum atomic E-state index is 4.43. The highest BCUT2D eigenvalue weighted by atomic mass is 32.1. The lowest BCUT2D eigenvalue weighted by Crippen LogP contribution is -2.44. The largest absolute Gasteiger partial charge is 0.297 e. The van der Waals surface area contributed by atoms with E-state index in [1.54, 1.807) is 0 Å². The Morgan fingerprint density at radius 3 is 2.89 bits per heavy atom. The van der Waals surface area contributed by atoms with Crippen LogP contribution in [0, 0.1) is 0 Å². The van der Waals surface area contributed by atoms with Crippen molar-refractivity contribution in [3.05, 3.63) is 40.7 Å². The maximum absolute atomic E-state index is 4.43. The van der Waals surface area contributed by atoms with Crippen LogP contribution >= 0.6 is 11.5 Å². The van der Waals surface area contributed by atoms with E-state index in [1.165, 1.54) is 22.1 Å². The van der Waals surface area contributed by atoms with E-state index in [0.29, 0.717) is 11.8 Å². The lowest BCUT2D eigenvalue weighted by molar-refractivity contribution is 0.138. The number of likely N-dealkylation sites (tertiary alicyclic amines) is 1. The van der Waals surface area contributed by atoms with Crippen molar-refractivity contribution in [1.29, 1.82) is 0 Å². The Morgan fingerprint density at radius 2 is 2.21 bits per heavy atom. The third-order valence-electron chi connectivity index (χ3n) is 3.56. The lowest BCUT2D eigenvalue weighted by Gasteiger charge is -2.38. The molecule has 0 bridgehead atoms. The van der Waals surface area contributed by atoms with Gasteiger partial charge in [0.1, 0.15) is 0 Å². The molecule has 1 saturated heterocycles. The normalized spacial score (nSPS) is 16.8. The van der Waals surface area contributed by atoms with Crippen LogP contribution in [0.1, 0.15) is 41.9 Å². The lowest BCUT2D eigenvalue weighted by atomic mass is 9.95. The first-order chi connectivity index (χ1) is 9.24. The van der Waals surface area contributed by atoms with E-state index < -0.39 is 0 Å². The molecule has 1 fully saturated rings. The van der Waals surface area contributed by atoms with Crippen LogP contribution in [-0.4, -0.2) is 32.6 Å². The monoisotopic (exact) mass is 274 g/mol. The third kappa shape index (κ3) is 2.67. The van der Waals surface area contributed by atoms with Crippen LogP contribution < -0.4 is 0 Å². The Labute approximate surface area is 117 Å². The summed E-state index contributed by atoms with van der Waals surface area (Å²) in [6.45, 7) is 7.51. The summed E-state index contributed by atoms with van der Waals surface area (Å²) in [7, 11) is 0. The molecule has 0 atom stereocenters. The molecule has 3 rings (SSSR count). The number of hydrogen-bond donors (Lipinski definition) is 0. The van der Waals surface area contributed by atoms with Gasteiger partial charge in [-0.1, -0.05) is 24.4 Å². The van der Waals surface area contributed by atoms with E-state index >= 15 is 0 Å². The molecule has 0 N–H and O–H groups in total. The Morgan fingerprint density at radius 1 is 1.37 bits per heavy atom. The first kappa shape index (κ1) is 12.7. The van der Waals surface area contributed by atoms with Crippen LogP contribution in [-0.2, 0) is 6.54 Å². The van der Waals surface area contributed by atoms with Crippen molar-refractivity contribution < 1.29 is 0 Å². The van der Waals surface area contributed by atoms with Crippen molar-refractivity contribution in [1.82, 2.24) is 19.5 Å². The second-order valence-electron chi connectivity index (χ2n) is 5.38. The van der Waals surface area contributed by atoms with Gasteiger partial charge in [0.25, 0.3) is 0 Å². The van der Waals surface area contributed by atoms with Crippen LogP contribution in [0.4, 0.5) is 0 Å². The quantitative estimate of drug-likeness (QED) is 0.859. The van der Waals surface area contributed by atoms with E-state index in [4.69, 9.17) is 0 Å². The standard InChI is InChI=1S/C14H18N4S/c1-10(2)14-13(19-17-16-14)9-18-7-11(8-18)12-5-3-4-6-15-12/h3-6,10-11H,7-9H2,1-2H3. The molecule has 100 valence electrons. The van der Waals surface area contributed by atoms with Gasteiger partial charge in [0.05, 0.1) is 10.6 Å². The predicted octanol–water partition coefficient (Wildman–Crippen LogP) is 2.66. The van der Waals surface area contributed by atoms with Gasteiger partial charge in [0.2, 0.25) is 0 Å². The molecule has 1 aliphatic heterocycles. The zero-order valence-corrected chi connectivity index (χ0v) is 12.1. The van der Waals surface area contributed by atoms with Gasteiger partial charge < -0.3 is 0 Å². The molecule has 19 heavy (non-hydrogen) atoms. The summed E-state index contributed by atoms with van der Waals surface area (Å²) in [6.07, 6.45) is 1.88. The maximum Gasteiger partial charge on any atom is 0.0826 e. The fourth-order valence-corrected chi connectivity index (χ4v) is 3.31. The van der Waals surface area contributed by atoms with Crippen molar-refractivity contribution in [3.63, 3.8) is 0 Å². The average Bonchev–Trinajstić information content (AvgIpc) is 2.82. The van der Waals surface area contributed by atoms with Gasteiger partial charge in [0.15, 0.2) is 0 Å². The number of nitrogens with zero attached hydrogens (tertiary/aromatic N) is 4. The van der Waals surface area contributed by atoms with Crippen LogP contribution in [0.3, 0.4) is 0 Å². The van der Waals surface area contributed by atoms with Gasteiger partial charge in [-0.2, -0.15) is 0 Å². The smallest absolute Gasteiger partial charge is 0.0826 e. The third-order valence-corrected chi connectivity index (χ3v) is 4.28. The molecule has 0 spiro atoms. The highest BCUT2D eigenvalue weighted by Crippen LogP contribution is 2.29. The van der Waals surface area contributed by atoms with E-state index in [1.807, 2.05) is 12.3 Å². The molecule has 4 nitrogen and oxygen atoms in total. The van der Waals surface area contributed by atoms with Crippen molar-refractivity contribution in [2.24, 2.45) is 0 Å². The van der Waals surface area contributed by atoms with Gasteiger partial charge in [-0.05, 0) is 29.6 Å². The van der Waals surface area contributed by atoms with Gasteiger partial charge in [-0.25, -0.2) is 0 Å². The highest BCUT2D eigenvalue weighted by Gasteiger charge is 2.30. The minimum Gasteiger partial charge on any atom is -0.297 e. The number of rotatable bonds is 4.